The van der Waals surface area contributed by atoms with Crippen molar-refractivity contribution in [1.29, 1.82) is 0 Å². The molecule has 0 saturated heterocycles. The molecule has 0 bridgehead atoms. The van der Waals surface area contributed by atoms with Crippen molar-refractivity contribution in [2.75, 3.05) is 5.32 Å². The molecule has 0 aliphatic carbocycles. The second kappa shape index (κ2) is 10.5. The van der Waals surface area contributed by atoms with Gasteiger partial charge < -0.3 is 10.4 Å². The van der Waals surface area contributed by atoms with Gasteiger partial charge in [0.15, 0.2) is 0 Å². The van der Waals surface area contributed by atoms with Crippen LogP contribution in [0.5, 0.6) is 0 Å². The quantitative estimate of drug-likeness (QED) is 0.417. The number of carbonyl (C=O) groups excluding carboxylic acids is 1. The van der Waals surface area contributed by atoms with Crippen LogP contribution >= 0.6 is 11.6 Å². The third kappa shape index (κ3) is 7.96. The maximum Gasteiger partial charge on any atom is 0.393 e. The summed E-state index contributed by atoms with van der Waals surface area (Å²) in [7, 11) is 0. The van der Waals surface area contributed by atoms with E-state index in [1.165, 1.54) is 18.2 Å². The van der Waals surface area contributed by atoms with Crippen LogP contribution in [0.4, 0.5) is 32.0 Å². The van der Waals surface area contributed by atoms with E-state index >= 15 is 0 Å². The molecule has 11 heteroatoms. The lowest BCUT2D eigenvalue weighted by atomic mass is 9.85. The minimum absolute atomic E-state index is 0.00220. The average molecular weight is 496 g/mol. The first-order chi connectivity index (χ1) is 15.2. The number of benzene rings is 2. The number of carbonyl (C=O) groups is 2. The van der Waals surface area contributed by atoms with E-state index in [2.05, 4.69) is 5.32 Å². The van der Waals surface area contributed by atoms with Gasteiger partial charge in [-0.25, -0.2) is 0 Å². The molecule has 0 saturated carbocycles. The fraction of sp³-hybridized carbons (Fsp3) is 0.364. The Morgan fingerprint density at radius 2 is 1.58 bits per heavy atom. The third-order valence-electron chi connectivity index (χ3n) is 4.96. The van der Waals surface area contributed by atoms with Crippen molar-refractivity contribution in [1.82, 2.24) is 0 Å². The molecular formula is C22H20ClF6NO3. The van der Waals surface area contributed by atoms with E-state index in [0.717, 1.165) is 31.2 Å². The topological polar surface area (TPSA) is 66.4 Å². The van der Waals surface area contributed by atoms with E-state index in [-0.39, 0.29) is 34.7 Å². The third-order valence-corrected chi connectivity index (χ3v) is 5.29. The van der Waals surface area contributed by atoms with E-state index in [1.807, 2.05) is 0 Å². The zero-order valence-electron chi connectivity index (χ0n) is 17.2. The van der Waals surface area contributed by atoms with E-state index < -0.39 is 42.5 Å². The number of hydrogen-bond donors (Lipinski definition) is 2. The summed E-state index contributed by atoms with van der Waals surface area (Å²) in [6, 6.07) is 8.47. The molecule has 2 aromatic rings. The highest BCUT2D eigenvalue weighted by atomic mass is 35.5. The first kappa shape index (κ1) is 26.5. The van der Waals surface area contributed by atoms with E-state index in [9.17, 15) is 35.9 Å². The summed E-state index contributed by atoms with van der Waals surface area (Å²) >= 11 is 6.05. The van der Waals surface area contributed by atoms with Gasteiger partial charge in [-0.2, -0.15) is 26.3 Å². The molecule has 2 atom stereocenters. The fourth-order valence-corrected chi connectivity index (χ4v) is 3.38. The number of carboxylic acid groups (broad SMARTS) is 1. The second-order valence-corrected chi connectivity index (χ2v) is 7.95. The summed E-state index contributed by atoms with van der Waals surface area (Å²) in [6.07, 6.45) is -10.6. The number of aliphatic carboxylic acids is 1. The van der Waals surface area contributed by atoms with E-state index in [1.54, 1.807) is 0 Å². The number of carboxylic acids is 1. The normalized spacial score (nSPS) is 13.9. The molecule has 0 aliphatic rings. The summed E-state index contributed by atoms with van der Waals surface area (Å²) in [6.45, 7) is 0.804. The SMILES string of the molecule is C[C@H]([C@H](C(=O)Nc1cc(CCC(=O)O)ccc1Cl)c1ccc(CC(F)(F)F)cc1)C(F)(F)F. The van der Waals surface area contributed by atoms with Crippen molar-refractivity contribution >= 4 is 29.2 Å². The number of aryl methyl sites for hydroxylation is 1. The van der Waals surface area contributed by atoms with Crippen LogP contribution in [-0.2, 0) is 22.4 Å². The molecule has 0 radical (unpaired) electrons. The molecular weight excluding hydrogens is 476 g/mol. The maximum absolute atomic E-state index is 13.5. The molecule has 2 aromatic carbocycles. The van der Waals surface area contributed by atoms with Crippen LogP contribution in [0.2, 0.25) is 5.02 Å². The van der Waals surface area contributed by atoms with Crippen molar-refractivity contribution in [2.24, 2.45) is 5.92 Å². The first-order valence-corrected chi connectivity index (χ1v) is 10.1. The highest BCUT2D eigenvalue weighted by Gasteiger charge is 2.45. The minimum atomic E-state index is -4.76. The highest BCUT2D eigenvalue weighted by Crippen LogP contribution is 2.39. The van der Waals surface area contributed by atoms with Crippen LogP contribution in [0, 0.1) is 5.92 Å². The Bertz CT molecular complexity index is 989. The van der Waals surface area contributed by atoms with Crippen LogP contribution in [0.3, 0.4) is 0 Å². The highest BCUT2D eigenvalue weighted by molar-refractivity contribution is 6.33. The molecule has 2 N–H and O–H groups in total. The molecule has 180 valence electrons. The predicted molar refractivity (Wildman–Crippen MR) is 110 cm³/mol. The van der Waals surface area contributed by atoms with E-state index in [4.69, 9.17) is 16.7 Å². The van der Waals surface area contributed by atoms with Gasteiger partial charge in [0.05, 0.1) is 29.0 Å². The predicted octanol–water partition coefficient (Wildman–Crippen LogP) is 6.38. The van der Waals surface area contributed by atoms with Gasteiger partial charge >= 0.3 is 18.3 Å². The number of rotatable bonds is 8. The van der Waals surface area contributed by atoms with Gasteiger partial charge in [-0.05, 0) is 35.2 Å². The van der Waals surface area contributed by atoms with Gasteiger partial charge in [-0.3, -0.25) is 9.59 Å². The molecule has 2 rings (SSSR count). The Labute approximate surface area is 190 Å². The maximum atomic E-state index is 13.5. The van der Waals surface area contributed by atoms with Gasteiger partial charge in [0.2, 0.25) is 5.91 Å². The number of alkyl halides is 6. The molecule has 0 aromatic heterocycles. The Kier molecular flexibility index (Phi) is 8.40. The number of anilines is 1. The lowest BCUT2D eigenvalue weighted by Crippen LogP contribution is -2.34. The van der Waals surface area contributed by atoms with Crippen LogP contribution in [0.15, 0.2) is 42.5 Å². The van der Waals surface area contributed by atoms with Crippen molar-refractivity contribution in [3.63, 3.8) is 0 Å². The van der Waals surface area contributed by atoms with Crippen LogP contribution in [-0.4, -0.2) is 29.3 Å². The zero-order valence-corrected chi connectivity index (χ0v) is 18.0. The largest absolute Gasteiger partial charge is 0.481 e. The number of nitrogens with one attached hydrogen (secondary N) is 1. The van der Waals surface area contributed by atoms with Crippen molar-refractivity contribution in [3.05, 3.63) is 64.2 Å². The summed E-state index contributed by atoms with van der Waals surface area (Å²) in [4.78, 5) is 23.7. The lowest BCUT2D eigenvalue weighted by molar-refractivity contribution is -0.178. The van der Waals surface area contributed by atoms with Crippen LogP contribution in [0.25, 0.3) is 0 Å². The Hall–Kier alpha value is -2.75. The molecule has 0 unspecified atom stereocenters. The van der Waals surface area contributed by atoms with Crippen LogP contribution < -0.4 is 5.32 Å². The molecule has 0 fully saturated rings. The van der Waals surface area contributed by atoms with Gasteiger partial charge in [0.1, 0.15) is 0 Å². The molecule has 0 spiro atoms. The molecule has 0 heterocycles. The first-order valence-electron chi connectivity index (χ1n) is 9.71. The van der Waals surface area contributed by atoms with Gasteiger partial charge in [0, 0.05) is 6.42 Å². The second-order valence-electron chi connectivity index (χ2n) is 7.54. The Morgan fingerprint density at radius 3 is 2.09 bits per heavy atom. The van der Waals surface area contributed by atoms with Crippen molar-refractivity contribution < 1.29 is 41.0 Å². The van der Waals surface area contributed by atoms with Gasteiger partial charge in [-0.15, -0.1) is 0 Å². The van der Waals surface area contributed by atoms with Crippen molar-refractivity contribution in [2.45, 2.75) is 44.5 Å². The molecule has 0 aliphatic heterocycles. The van der Waals surface area contributed by atoms with Crippen molar-refractivity contribution in [3.8, 4) is 0 Å². The zero-order chi connectivity index (χ0) is 25.0. The Morgan fingerprint density at radius 1 is 1.00 bits per heavy atom. The fourth-order valence-electron chi connectivity index (χ4n) is 3.22. The standard InChI is InChI=1S/C22H20ClF6NO3/c1-12(22(27,28)29)19(15-6-2-14(3-7-15)11-21(24,25)26)20(33)30-17-10-13(4-8-16(17)23)5-9-18(31)32/h2-4,6-8,10,12,19H,5,9,11H2,1H3,(H,30,33)(H,31,32)/t12-,19+/m1/s1. The lowest BCUT2D eigenvalue weighted by Gasteiger charge is -2.26. The summed E-state index contributed by atoms with van der Waals surface area (Å²) in [5, 5.41) is 11.2. The van der Waals surface area contributed by atoms with E-state index in [0.29, 0.717) is 5.56 Å². The number of amides is 1. The summed E-state index contributed by atoms with van der Waals surface area (Å²) < 4.78 is 78.2. The summed E-state index contributed by atoms with van der Waals surface area (Å²) in [5.74, 6) is -6.02. The monoisotopic (exact) mass is 495 g/mol. The molecule has 1 amide bonds. The average Bonchev–Trinajstić information content (AvgIpc) is 2.68. The molecule has 33 heavy (non-hydrogen) atoms. The van der Waals surface area contributed by atoms with Gasteiger partial charge in [-0.1, -0.05) is 48.9 Å². The number of halogens is 7. The minimum Gasteiger partial charge on any atom is -0.481 e. The molecule has 4 nitrogen and oxygen atoms in total. The van der Waals surface area contributed by atoms with Crippen LogP contribution in [0.1, 0.15) is 36.0 Å². The summed E-state index contributed by atoms with van der Waals surface area (Å²) in [5.41, 5.74) is 0.229. The smallest absolute Gasteiger partial charge is 0.393 e. The Balaban J connectivity index is 2.34. The number of hydrogen-bond acceptors (Lipinski definition) is 2. The van der Waals surface area contributed by atoms with Gasteiger partial charge in [0.25, 0.3) is 0 Å².